The molecule has 26 heavy (non-hydrogen) atoms. The summed E-state index contributed by atoms with van der Waals surface area (Å²) in [7, 11) is 0. The fourth-order valence-electron chi connectivity index (χ4n) is 2.66. The van der Waals surface area contributed by atoms with Crippen LogP contribution in [0, 0.1) is 0 Å². The molecule has 1 aliphatic rings. The number of nitrogens with one attached hydrogen (secondary N) is 1. The maximum atomic E-state index is 12.5. The first kappa shape index (κ1) is 20.6. The molecule has 0 bridgehead atoms. The van der Waals surface area contributed by atoms with E-state index in [1.807, 2.05) is 18.7 Å². The molecular formula is C17H22F3N3O2S. The third-order valence-corrected chi connectivity index (χ3v) is 4.55. The number of thioether (sulfide) groups is 1. The predicted octanol–water partition coefficient (Wildman–Crippen LogP) is 2.58. The van der Waals surface area contributed by atoms with Crippen LogP contribution in [0.2, 0.25) is 0 Å². The van der Waals surface area contributed by atoms with E-state index in [2.05, 4.69) is 5.32 Å². The number of halogens is 3. The van der Waals surface area contributed by atoms with Crippen molar-refractivity contribution in [3.8, 4) is 0 Å². The van der Waals surface area contributed by atoms with Crippen molar-refractivity contribution in [3.05, 3.63) is 29.8 Å². The zero-order valence-electron chi connectivity index (χ0n) is 14.7. The van der Waals surface area contributed by atoms with Gasteiger partial charge in [-0.2, -0.15) is 13.2 Å². The molecule has 0 aromatic heterocycles. The van der Waals surface area contributed by atoms with Crippen molar-refractivity contribution < 1.29 is 22.8 Å². The van der Waals surface area contributed by atoms with Gasteiger partial charge >= 0.3 is 5.51 Å². The number of alkyl halides is 3. The molecule has 1 aliphatic heterocycles. The Hall–Kier alpha value is -1.74. The molecule has 1 N–H and O–H groups in total. The van der Waals surface area contributed by atoms with Gasteiger partial charge in [-0.3, -0.25) is 14.5 Å². The molecular weight excluding hydrogens is 367 g/mol. The van der Waals surface area contributed by atoms with Gasteiger partial charge in [0, 0.05) is 42.7 Å². The van der Waals surface area contributed by atoms with Crippen LogP contribution in [-0.4, -0.2) is 65.9 Å². The summed E-state index contributed by atoms with van der Waals surface area (Å²) in [5.41, 5.74) is -3.98. The summed E-state index contributed by atoms with van der Waals surface area (Å²) in [6.45, 7) is 6.21. The van der Waals surface area contributed by atoms with E-state index in [-0.39, 0.29) is 34.5 Å². The summed E-state index contributed by atoms with van der Waals surface area (Å²) in [5, 5.41) is 2.83. The zero-order valence-corrected chi connectivity index (χ0v) is 15.5. The Bertz CT molecular complexity index is 627. The molecule has 0 saturated carbocycles. The molecule has 2 rings (SSSR count). The molecule has 0 aliphatic carbocycles. The molecule has 0 atom stereocenters. The zero-order chi connectivity index (χ0) is 19.3. The maximum Gasteiger partial charge on any atom is 0.446 e. The summed E-state index contributed by atoms with van der Waals surface area (Å²) in [6.07, 6.45) is 0. The first-order valence-electron chi connectivity index (χ1n) is 8.31. The van der Waals surface area contributed by atoms with Crippen molar-refractivity contribution in [2.45, 2.75) is 30.3 Å². The second kappa shape index (κ2) is 8.77. The summed E-state index contributed by atoms with van der Waals surface area (Å²) < 4.78 is 37.0. The monoisotopic (exact) mass is 389 g/mol. The first-order chi connectivity index (χ1) is 12.1. The molecule has 1 aromatic carbocycles. The van der Waals surface area contributed by atoms with Crippen LogP contribution in [-0.2, 0) is 4.79 Å². The first-order valence-corrected chi connectivity index (χ1v) is 9.12. The largest absolute Gasteiger partial charge is 0.446 e. The highest BCUT2D eigenvalue weighted by atomic mass is 32.2. The van der Waals surface area contributed by atoms with E-state index in [1.165, 1.54) is 24.3 Å². The van der Waals surface area contributed by atoms with Crippen LogP contribution >= 0.6 is 11.8 Å². The number of carbonyl (C=O) groups excluding carboxylic acids is 2. The van der Waals surface area contributed by atoms with Crippen LogP contribution < -0.4 is 5.32 Å². The molecule has 1 saturated heterocycles. The van der Waals surface area contributed by atoms with Gasteiger partial charge in [-0.05, 0) is 49.9 Å². The minimum Gasteiger partial charge on any atom is -0.353 e. The Morgan fingerprint density at radius 1 is 1.12 bits per heavy atom. The molecule has 0 spiro atoms. The fraction of sp³-hybridized carbons (Fsp3) is 0.529. The van der Waals surface area contributed by atoms with E-state index in [0.717, 1.165) is 0 Å². The summed E-state index contributed by atoms with van der Waals surface area (Å²) in [4.78, 5) is 27.9. The van der Waals surface area contributed by atoms with E-state index >= 15 is 0 Å². The van der Waals surface area contributed by atoms with E-state index < -0.39 is 5.51 Å². The Balaban J connectivity index is 1.85. The van der Waals surface area contributed by atoms with Gasteiger partial charge in [0.2, 0.25) is 5.91 Å². The number of nitrogens with zero attached hydrogens (tertiary/aromatic N) is 2. The van der Waals surface area contributed by atoms with E-state index in [0.29, 0.717) is 38.3 Å². The van der Waals surface area contributed by atoms with Gasteiger partial charge in [0.25, 0.3) is 5.91 Å². The highest BCUT2D eigenvalue weighted by Crippen LogP contribution is 2.36. The molecule has 1 aromatic rings. The number of rotatable bonds is 5. The summed E-state index contributed by atoms with van der Waals surface area (Å²) in [5.74, 6) is -0.252. The smallest absolute Gasteiger partial charge is 0.353 e. The Kier molecular flexibility index (Phi) is 6.94. The lowest BCUT2D eigenvalue weighted by Crippen LogP contribution is -2.51. The lowest BCUT2D eigenvalue weighted by Gasteiger charge is -2.34. The van der Waals surface area contributed by atoms with Crippen molar-refractivity contribution >= 4 is 23.6 Å². The minimum absolute atomic E-state index is 0.0440. The molecule has 2 amide bonds. The number of amides is 2. The van der Waals surface area contributed by atoms with Crippen LogP contribution in [0.5, 0.6) is 0 Å². The van der Waals surface area contributed by atoms with E-state index in [9.17, 15) is 22.8 Å². The topological polar surface area (TPSA) is 52.7 Å². The molecule has 1 fully saturated rings. The van der Waals surface area contributed by atoms with Gasteiger partial charge < -0.3 is 10.2 Å². The highest BCUT2D eigenvalue weighted by Gasteiger charge is 2.29. The Morgan fingerprint density at radius 2 is 1.69 bits per heavy atom. The van der Waals surface area contributed by atoms with Gasteiger partial charge in [0.15, 0.2) is 0 Å². The van der Waals surface area contributed by atoms with Gasteiger partial charge in [-0.25, -0.2) is 0 Å². The lowest BCUT2D eigenvalue weighted by molar-refractivity contribution is -0.123. The highest BCUT2D eigenvalue weighted by molar-refractivity contribution is 8.00. The molecule has 9 heteroatoms. The number of hydrogen-bond donors (Lipinski definition) is 1. The average Bonchev–Trinajstić information content (AvgIpc) is 2.53. The number of piperazine rings is 1. The lowest BCUT2D eigenvalue weighted by atomic mass is 10.2. The second-order valence-electron chi connectivity index (χ2n) is 6.36. The van der Waals surface area contributed by atoms with Gasteiger partial charge in [0.1, 0.15) is 0 Å². The Labute approximate surface area is 154 Å². The third kappa shape index (κ3) is 6.53. The molecule has 0 unspecified atom stereocenters. The summed E-state index contributed by atoms with van der Waals surface area (Å²) in [6, 6.07) is 5.52. The van der Waals surface area contributed by atoms with Crippen molar-refractivity contribution in [2.75, 3.05) is 32.7 Å². The van der Waals surface area contributed by atoms with Crippen LogP contribution in [0.25, 0.3) is 0 Å². The van der Waals surface area contributed by atoms with Crippen molar-refractivity contribution in [1.82, 2.24) is 15.1 Å². The maximum absolute atomic E-state index is 12.5. The minimum atomic E-state index is -4.34. The average molecular weight is 389 g/mol. The molecule has 1 heterocycles. The van der Waals surface area contributed by atoms with Gasteiger partial charge in [-0.1, -0.05) is 0 Å². The number of hydrogen-bond acceptors (Lipinski definition) is 4. The van der Waals surface area contributed by atoms with Crippen LogP contribution in [0.4, 0.5) is 13.2 Å². The number of benzene rings is 1. The fourth-order valence-corrected chi connectivity index (χ4v) is 3.20. The van der Waals surface area contributed by atoms with Gasteiger partial charge in [-0.15, -0.1) is 0 Å². The normalized spacial score (nSPS) is 16.0. The van der Waals surface area contributed by atoms with Crippen LogP contribution in [0.15, 0.2) is 29.2 Å². The van der Waals surface area contributed by atoms with Crippen LogP contribution in [0.1, 0.15) is 24.2 Å². The number of carbonyl (C=O) groups is 2. The predicted molar refractivity (Wildman–Crippen MR) is 94.0 cm³/mol. The van der Waals surface area contributed by atoms with Crippen LogP contribution in [0.3, 0.4) is 0 Å². The standard InChI is InChI=1S/C17H22F3N3O2S/c1-12(2)21-15(24)11-22-7-9-23(10-8-22)16(25)13-3-5-14(6-4-13)26-17(18,19)20/h3-6,12H,7-11H2,1-2H3,(H,21,24). The van der Waals surface area contributed by atoms with Crippen molar-refractivity contribution in [1.29, 1.82) is 0 Å². The summed E-state index contributed by atoms with van der Waals surface area (Å²) >= 11 is -0.203. The molecule has 0 radical (unpaired) electrons. The quantitative estimate of drug-likeness (QED) is 0.787. The second-order valence-corrected chi connectivity index (χ2v) is 7.50. The van der Waals surface area contributed by atoms with Crippen molar-refractivity contribution in [3.63, 3.8) is 0 Å². The van der Waals surface area contributed by atoms with E-state index in [1.54, 1.807) is 4.90 Å². The Morgan fingerprint density at radius 3 is 2.19 bits per heavy atom. The van der Waals surface area contributed by atoms with E-state index in [4.69, 9.17) is 0 Å². The molecule has 144 valence electrons. The SMILES string of the molecule is CC(C)NC(=O)CN1CCN(C(=O)c2ccc(SC(F)(F)F)cc2)CC1. The molecule has 5 nitrogen and oxygen atoms in total. The third-order valence-electron chi connectivity index (χ3n) is 3.81. The van der Waals surface area contributed by atoms with Crippen molar-refractivity contribution in [2.24, 2.45) is 0 Å². The van der Waals surface area contributed by atoms with Gasteiger partial charge in [0.05, 0.1) is 6.54 Å².